The van der Waals surface area contributed by atoms with Crippen molar-refractivity contribution in [2.75, 3.05) is 0 Å². The lowest BCUT2D eigenvalue weighted by Gasteiger charge is -2.05. The molecule has 1 heterocycles. The highest BCUT2D eigenvalue weighted by molar-refractivity contribution is 6.67. The van der Waals surface area contributed by atoms with Crippen LogP contribution in [0.1, 0.15) is 10.4 Å². The number of halogens is 2. The van der Waals surface area contributed by atoms with Crippen molar-refractivity contribution in [1.82, 2.24) is 4.98 Å². The van der Waals surface area contributed by atoms with Gasteiger partial charge in [-0.05, 0) is 41.9 Å². The van der Waals surface area contributed by atoms with Gasteiger partial charge in [0, 0.05) is 16.5 Å². The number of hydrogen-bond donors (Lipinski definition) is 0. The average Bonchev–Trinajstić information content (AvgIpc) is 2.46. The summed E-state index contributed by atoms with van der Waals surface area (Å²) in [6.07, 6.45) is 0. The van der Waals surface area contributed by atoms with Crippen molar-refractivity contribution >= 4 is 27.7 Å². The summed E-state index contributed by atoms with van der Waals surface area (Å²) in [5.74, 6) is -0.330. The van der Waals surface area contributed by atoms with Crippen molar-refractivity contribution < 1.29 is 9.18 Å². The molecule has 0 unspecified atom stereocenters. The molecule has 0 N–H and O–H groups in total. The number of hydrogen-bond acceptors (Lipinski definition) is 2. The fourth-order valence-electron chi connectivity index (χ4n) is 2.06. The molecule has 20 heavy (non-hydrogen) atoms. The molecule has 4 heteroatoms. The quantitative estimate of drug-likeness (QED) is 0.652. The molecular weight excluding hydrogens is 277 g/mol. The summed E-state index contributed by atoms with van der Waals surface area (Å²) in [4.78, 5) is 15.6. The van der Waals surface area contributed by atoms with Gasteiger partial charge in [-0.1, -0.05) is 24.3 Å². The maximum atomic E-state index is 13.8. The van der Waals surface area contributed by atoms with Crippen molar-refractivity contribution in [1.29, 1.82) is 0 Å². The summed E-state index contributed by atoms with van der Waals surface area (Å²) in [5, 5.41) is 0.330. The summed E-state index contributed by atoms with van der Waals surface area (Å²) in [6, 6.07) is 15.0. The maximum Gasteiger partial charge on any atom is 0.252 e. The van der Waals surface area contributed by atoms with E-state index in [4.69, 9.17) is 11.6 Å². The Morgan fingerprint density at radius 3 is 2.55 bits per heavy atom. The van der Waals surface area contributed by atoms with Crippen LogP contribution >= 0.6 is 11.6 Å². The molecule has 2 aromatic carbocycles. The molecule has 0 aliphatic carbocycles. The molecule has 0 spiro atoms. The van der Waals surface area contributed by atoms with Crippen LogP contribution in [0.25, 0.3) is 22.2 Å². The van der Waals surface area contributed by atoms with Gasteiger partial charge in [-0.3, -0.25) is 4.79 Å². The summed E-state index contributed by atoms with van der Waals surface area (Å²) >= 11 is 5.46. The smallest absolute Gasteiger partial charge is 0.252 e. The first kappa shape index (κ1) is 12.8. The van der Waals surface area contributed by atoms with Crippen LogP contribution < -0.4 is 0 Å². The Kier molecular flexibility index (Phi) is 3.20. The first-order chi connectivity index (χ1) is 9.65. The summed E-state index contributed by atoms with van der Waals surface area (Å²) in [5.41, 5.74) is 1.93. The minimum absolute atomic E-state index is 0.330. The predicted molar refractivity (Wildman–Crippen MR) is 77.3 cm³/mol. The average molecular weight is 286 g/mol. The van der Waals surface area contributed by atoms with E-state index < -0.39 is 5.24 Å². The van der Waals surface area contributed by atoms with Gasteiger partial charge in [0.05, 0.1) is 11.2 Å². The Bertz CT molecular complexity index is 816. The first-order valence-corrected chi connectivity index (χ1v) is 6.38. The van der Waals surface area contributed by atoms with Gasteiger partial charge < -0.3 is 0 Å². The number of rotatable bonds is 2. The fraction of sp³-hybridized carbons (Fsp3) is 0. The third-order valence-electron chi connectivity index (χ3n) is 3.07. The van der Waals surface area contributed by atoms with Crippen LogP contribution in [0, 0.1) is 5.82 Å². The zero-order valence-corrected chi connectivity index (χ0v) is 11.1. The summed E-state index contributed by atoms with van der Waals surface area (Å²) < 4.78 is 13.8. The Morgan fingerprint density at radius 2 is 1.80 bits per heavy atom. The molecule has 2 nitrogen and oxygen atoms in total. The minimum atomic E-state index is -0.537. The molecule has 1 aromatic heterocycles. The van der Waals surface area contributed by atoms with Crippen LogP contribution in [-0.4, -0.2) is 10.2 Å². The van der Waals surface area contributed by atoms with Crippen molar-refractivity contribution in [3.8, 4) is 11.3 Å². The zero-order valence-electron chi connectivity index (χ0n) is 10.3. The number of pyridine rings is 1. The second kappa shape index (κ2) is 5.02. The van der Waals surface area contributed by atoms with Crippen LogP contribution in [0.15, 0.2) is 54.6 Å². The highest BCUT2D eigenvalue weighted by Gasteiger charge is 2.08. The Labute approximate surface area is 119 Å². The predicted octanol–water partition coefficient (Wildman–Crippen LogP) is 4.42. The Balaban J connectivity index is 2.19. The zero-order chi connectivity index (χ0) is 14.1. The van der Waals surface area contributed by atoms with Gasteiger partial charge in [0.2, 0.25) is 0 Å². The SMILES string of the molecule is O=C(Cl)c1ccc2ccc(-c3ccccc3F)nc2c1. The van der Waals surface area contributed by atoms with Gasteiger partial charge in [0.15, 0.2) is 0 Å². The molecular formula is C16H9ClFNO. The van der Waals surface area contributed by atoms with Crippen molar-refractivity contribution in [3.05, 3.63) is 66.0 Å². The molecule has 0 aliphatic rings. The lowest BCUT2D eigenvalue weighted by Crippen LogP contribution is -1.92. The van der Waals surface area contributed by atoms with E-state index in [1.54, 1.807) is 42.5 Å². The molecule has 0 radical (unpaired) electrons. The van der Waals surface area contributed by atoms with Crippen molar-refractivity contribution in [3.63, 3.8) is 0 Å². The van der Waals surface area contributed by atoms with E-state index >= 15 is 0 Å². The van der Waals surface area contributed by atoms with Gasteiger partial charge in [0.1, 0.15) is 5.82 Å². The number of carbonyl (C=O) groups is 1. The Hall–Kier alpha value is -2.26. The molecule has 0 saturated heterocycles. The lowest BCUT2D eigenvalue weighted by molar-refractivity contribution is 0.108. The molecule has 3 rings (SSSR count). The molecule has 0 fully saturated rings. The third-order valence-corrected chi connectivity index (χ3v) is 3.29. The molecule has 0 atom stereocenters. The molecule has 3 aromatic rings. The molecule has 0 saturated carbocycles. The number of fused-ring (bicyclic) bond motifs is 1. The highest BCUT2D eigenvalue weighted by atomic mass is 35.5. The van der Waals surface area contributed by atoms with Crippen LogP contribution in [-0.2, 0) is 0 Å². The number of nitrogens with zero attached hydrogens (tertiary/aromatic N) is 1. The van der Waals surface area contributed by atoms with Gasteiger partial charge in [-0.25, -0.2) is 9.37 Å². The van der Waals surface area contributed by atoms with E-state index in [-0.39, 0.29) is 5.82 Å². The van der Waals surface area contributed by atoms with E-state index in [1.807, 2.05) is 6.07 Å². The molecule has 0 aliphatic heterocycles. The maximum absolute atomic E-state index is 13.8. The van der Waals surface area contributed by atoms with E-state index in [0.29, 0.717) is 22.3 Å². The van der Waals surface area contributed by atoms with Crippen LogP contribution in [0.3, 0.4) is 0 Å². The van der Waals surface area contributed by atoms with Crippen LogP contribution in [0.5, 0.6) is 0 Å². The van der Waals surface area contributed by atoms with E-state index in [0.717, 1.165) is 5.39 Å². The van der Waals surface area contributed by atoms with Gasteiger partial charge >= 0.3 is 0 Å². The van der Waals surface area contributed by atoms with Crippen LogP contribution in [0.4, 0.5) is 4.39 Å². The Morgan fingerprint density at radius 1 is 1.05 bits per heavy atom. The monoisotopic (exact) mass is 285 g/mol. The first-order valence-electron chi connectivity index (χ1n) is 6.01. The van der Waals surface area contributed by atoms with E-state index in [9.17, 15) is 9.18 Å². The summed E-state index contributed by atoms with van der Waals surface area (Å²) in [6.45, 7) is 0. The largest absolute Gasteiger partial charge is 0.276 e. The van der Waals surface area contributed by atoms with Crippen molar-refractivity contribution in [2.24, 2.45) is 0 Å². The number of benzene rings is 2. The van der Waals surface area contributed by atoms with Gasteiger partial charge in [0.25, 0.3) is 5.24 Å². The molecule has 0 amide bonds. The topological polar surface area (TPSA) is 30.0 Å². The van der Waals surface area contributed by atoms with Gasteiger partial charge in [-0.15, -0.1) is 0 Å². The van der Waals surface area contributed by atoms with Crippen molar-refractivity contribution in [2.45, 2.75) is 0 Å². The fourth-order valence-corrected chi connectivity index (χ4v) is 2.18. The second-order valence-corrected chi connectivity index (χ2v) is 4.70. The number of carbonyl (C=O) groups excluding carboxylic acids is 1. The lowest BCUT2D eigenvalue weighted by atomic mass is 10.1. The van der Waals surface area contributed by atoms with Crippen LogP contribution in [0.2, 0.25) is 0 Å². The normalized spacial score (nSPS) is 10.7. The minimum Gasteiger partial charge on any atom is -0.276 e. The van der Waals surface area contributed by atoms with E-state index in [1.165, 1.54) is 6.07 Å². The number of aromatic nitrogens is 1. The van der Waals surface area contributed by atoms with E-state index in [2.05, 4.69) is 4.98 Å². The molecule has 0 bridgehead atoms. The summed E-state index contributed by atoms with van der Waals surface area (Å²) in [7, 11) is 0. The third kappa shape index (κ3) is 2.28. The standard InChI is InChI=1S/C16H9ClFNO/c17-16(20)11-6-5-10-7-8-14(19-15(10)9-11)12-3-1-2-4-13(12)18/h1-9H. The second-order valence-electron chi connectivity index (χ2n) is 4.36. The molecule has 98 valence electrons. The highest BCUT2D eigenvalue weighted by Crippen LogP contribution is 2.24. The van der Waals surface area contributed by atoms with Gasteiger partial charge in [-0.2, -0.15) is 0 Å².